The predicted molar refractivity (Wildman–Crippen MR) is 164 cm³/mol. The van der Waals surface area contributed by atoms with Gasteiger partial charge in [-0.3, -0.25) is 4.68 Å². The van der Waals surface area contributed by atoms with E-state index in [1.807, 2.05) is 19.3 Å². The molecule has 42 heavy (non-hydrogen) atoms. The molecule has 4 bridgehead atoms. The number of hydrogen-bond donors (Lipinski definition) is 1. The molecular formula is C31H36N10O. The second-order valence-electron chi connectivity index (χ2n) is 11.7. The van der Waals surface area contributed by atoms with Gasteiger partial charge in [-0.2, -0.15) is 10.2 Å². The summed E-state index contributed by atoms with van der Waals surface area (Å²) in [4.78, 5) is 18.8. The van der Waals surface area contributed by atoms with E-state index in [0.717, 1.165) is 53.8 Å². The van der Waals surface area contributed by atoms with Crippen LogP contribution in [0.4, 0.5) is 17.3 Å². The number of nitrogens with one attached hydrogen (secondary N) is 1. The van der Waals surface area contributed by atoms with Crippen molar-refractivity contribution >= 4 is 28.2 Å². The maximum Gasteiger partial charge on any atom is 0.222 e. The van der Waals surface area contributed by atoms with Crippen LogP contribution in [0.3, 0.4) is 0 Å². The number of hydrogen-bond acceptors (Lipinski definition) is 9. The molecule has 216 valence electrons. The van der Waals surface area contributed by atoms with Crippen LogP contribution in [0, 0.1) is 5.92 Å². The number of fused-ring (bicyclic) bond motifs is 5. The fourth-order valence-corrected chi connectivity index (χ4v) is 6.12. The number of nitrogens with zero attached hydrogens (tertiary/aromatic N) is 9. The van der Waals surface area contributed by atoms with E-state index in [9.17, 15) is 0 Å². The molecule has 2 atom stereocenters. The lowest BCUT2D eigenvalue weighted by atomic mass is 10.1. The zero-order valence-corrected chi connectivity index (χ0v) is 24.5. The highest BCUT2D eigenvalue weighted by Gasteiger charge is 2.25. The molecule has 7 rings (SSSR count). The summed E-state index contributed by atoms with van der Waals surface area (Å²) in [5.74, 6) is 3.22. The molecule has 0 amide bonds. The van der Waals surface area contributed by atoms with Gasteiger partial charge >= 0.3 is 0 Å². The zero-order valence-electron chi connectivity index (χ0n) is 24.5. The molecule has 4 aromatic heterocycles. The lowest BCUT2D eigenvalue weighted by Crippen LogP contribution is -2.25. The first kappa shape index (κ1) is 26.4. The van der Waals surface area contributed by atoms with Gasteiger partial charge in [-0.25, -0.2) is 19.6 Å². The summed E-state index contributed by atoms with van der Waals surface area (Å²) in [6.45, 7) is 5.95. The van der Waals surface area contributed by atoms with Gasteiger partial charge in [0.2, 0.25) is 5.88 Å². The fourth-order valence-electron chi connectivity index (χ4n) is 6.12. The summed E-state index contributed by atoms with van der Waals surface area (Å²) in [5, 5.41) is 14.0. The number of rotatable bonds is 4. The Morgan fingerprint density at radius 2 is 1.98 bits per heavy atom. The van der Waals surface area contributed by atoms with Gasteiger partial charge in [-0.15, -0.1) is 0 Å². The zero-order chi connectivity index (χ0) is 28.8. The normalized spacial score (nSPS) is 18.6. The number of pyridine rings is 1. The Morgan fingerprint density at radius 3 is 2.86 bits per heavy atom. The van der Waals surface area contributed by atoms with Crippen molar-refractivity contribution in [1.29, 1.82) is 0 Å². The molecule has 2 aliphatic heterocycles. The minimum Gasteiger partial charge on any atom is -0.477 e. The Kier molecular flexibility index (Phi) is 6.73. The van der Waals surface area contributed by atoms with E-state index in [-0.39, 0.29) is 6.04 Å². The average Bonchev–Trinajstić information content (AvgIpc) is 3.70. The first-order chi connectivity index (χ1) is 20.4. The summed E-state index contributed by atoms with van der Waals surface area (Å²) < 4.78 is 10.1. The van der Waals surface area contributed by atoms with E-state index in [0.29, 0.717) is 35.9 Å². The molecule has 1 unspecified atom stereocenters. The summed E-state index contributed by atoms with van der Waals surface area (Å²) in [7, 11) is 6.17. The van der Waals surface area contributed by atoms with Gasteiger partial charge in [-0.05, 0) is 51.6 Å². The molecule has 6 heterocycles. The van der Waals surface area contributed by atoms with E-state index < -0.39 is 0 Å². The smallest absolute Gasteiger partial charge is 0.222 e. The first-order valence-corrected chi connectivity index (χ1v) is 14.6. The molecular weight excluding hydrogens is 528 g/mol. The topological polar surface area (TPSA) is 102 Å². The Hall–Kier alpha value is -4.51. The second kappa shape index (κ2) is 10.7. The molecule has 1 saturated heterocycles. The quantitative estimate of drug-likeness (QED) is 0.331. The van der Waals surface area contributed by atoms with Gasteiger partial charge in [0.25, 0.3) is 0 Å². The van der Waals surface area contributed by atoms with Crippen LogP contribution >= 0.6 is 0 Å². The summed E-state index contributed by atoms with van der Waals surface area (Å²) in [5.41, 5.74) is 5.04. The highest BCUT2D eigenvalue weighted by molar-refractivity contribution is 5.94. The number of benzene rings is 1. The maximum atomic E-state index is 6.26. The molecule has 1 fully saturated rings. The van der Waals surface area contributed by atoms with E-state index in [1.165, 1.54) is 12.1 Å². The van der Waals surface area contributed by atoms with Crippen LogP contribution in [0.2, 0.25) is 0 Å². The molecule has 0 aliphatic carbocycles. The number of aromatic nitrogens is 7. The fraction of sp³-hybridized carbons (Fsp3) is 0.387. The lowest BCUT2D eigenvalue weighted by Gasteiger charge is -2.20. The van der Waals surface area contributed by atoms with Gasteiger partial charge in [0.15, 0.2) is 5.82 Å². The highest BCUT2D eigenvalue weighted by Crippen LogP contribution is 2.35. The Labute approximate surface area is 245 Å². The van der Waals surface area contributed by atoms with Crippen LogP contribution in [0.1, 0.15) is 25.8 Å². The lowest BCUT2D eigenvalue weighted by molar-refractivity contribution is 0.260. The predicted octanol–water partition coefficient (Wildman–Crippen LogP) is 4.76. The van der Waals surface area contributed by atoms with E-state index >= 15 is 0 Å². The van der Waals surface area contributed by atoms with Crippen molar-refractivity contribution in [2.75, 3.05) is 50.6 Å². The van der Waals surface area contributed by atoms with Crippen LogP contribution in [0.5, 0.6) is 5.88 Å². The minimum atomic E-state index is 0.0822. The molecule has 0 saturated carbocycles. The third kappa shape index (κ3) is 4.94. The van der Waals surface area contributed by atoms with Crippen molar-refractivity contribution in [3.05, 3.63) is 55.0 Å². The average molecular weight is 565 g/mol. The van der Waals surface area contributed by atoms with Gasteiger partial charge in [0, 0.05) is 68.2 Å². The molecule has 11 nitrogen and oxygen atoms in total. The molecule has 5 aromatic rings. The standard InChI is InChI=1S/C31H36N10O/c1-20-10-13-42-31-25(17-34-39(31)4)30-32-11-8-27(36-30)35-28-15-26-24(16-33-28)29(37-41(20)26)22-6-5-7-23(14-22)40-12-9-21(19-40)18-38(2)3/h5-8,11,14-17,20-21H,9-10,12-13,18-19H2,1-4H3,(H,32,33,35,36)/t20-,21?/m0/s1. The Balaban J connectivity index is 1.26. The van der Waals surface area contributed by atoms with Gasteiger partial charge in [0.1, 0.15) is 22.9 Å². The SMILES string of the molecule is C[C@H]1CCOc2c(cnn2C)-c2nccc(n2)Nc2cc3c(cn2)c(-c2cccc(N4CCC(CN(C)C)C4)c2)nn31. The van der Waals surface area contributed by atoms with Crippen LogP contribution < -0.4 is 15.0 Å². The molecule has 2 aliphatic rings. The summed E-state index contributed by atoms with van der Waals surface area (Å²) >= 11 is 0. The van der Waals surface area contributed by atoms with Crippen molar-refractivity contribution in [3.8, 4) is 28.5 Å². The Bertz CT molecular complexity index is 1740. The third-order valence-electron chi connectivity index (χ3n) is 8.21. The highest BCUT2D eigenvalue weighted by atomic mass is 16.5. The van der Waals surface area contributed by atoms with Crippen molar-refractivity contribution in [2.45, 2.75) is 25.8 Å². The van der Waals surface area contributed by atoms with E-state index in [1.54, 1.807) is 17.1 Å². The molecule has 1 aromatic carbocycles. The van der Waals surface area contributed by atoms with E-state index in [4.69, 9.17) is 19.8 Å². The molecule has 0 radical (unpaired) electrons. The van der Waals surface area contributed by atoms with Crippen molar-refractivity contribution in [1.82, 2.24) is 39.4 Å². The summed E-state index contributed by atoms with van der Waals surface area (Å²) in [6, 6.07) is 12.8. The summed E-state index contributed by atoms with van der Waals surface area (Å²) in [6.07, 6.45) is 7.36. The van der Waals surface area contributed by atoms with Crippen LogP contribution in [0.25, 0.3) is 33.5 Å². The number of ether oxygens (including phenoxy) is 1. The minimum absolute atomic E-state index is 0.0822. The van der Waals surface area contributed by atoms with Crippen LogP contribution in [-0.4, -0.2) is 79.7 Å². The first-order valence-electron chi connectivity index (χ1n) is 14.6. The molecule has 1 N–H and O–H groups in total. The molecule has 11 heteroatoms. The van der Waals surface area contributed by atoms with Crippen molar-refractivity contribution < 1.29 is 4.74 Å². The molecule has 0 spiro atoms. The maximum absolute atomic E-state index is 6.26. The largest absolute Gasteiger partial charge is 0.477 e. The van der Waals surface area contributed by atoms with Crippen molar-refractivity contribution in [2.24, 2.45) is 13.0 Å². The van der Waals surface area contributed by atoms with E-state index in [2.05, 4.69) is 81.2 Å². The Morgan fingerprint density at radius 1 is 1.07 bits per heavy atom. The second-order valence-corrected chi connectivity index (χ2v) is 11.7. The van der Waals surface area contributed by atoms with Gasteiger partial charge in [-0.1, -0.05) is 12.1 Å². The number of anilines is 3. The third-order valence-corrected chi connectivity index (χ3v) is 8.21. The van der Waals surface area contributed by atoms with Crippen molar-refractivity contribution in [3.63, 3.8) is 0 Å². The van der Waals surface area contributed by atoms with Gasteiger partial charge < -0.3 is 19.9 Å². The number of aryl methyl sites for hydroxylation is 1. The van der Waals surface area contributed by atoms with Gasteiger partial charge in [0.05, 0.1) is 24.4 Å². The van der Waals surface area contributed by atoms with Crippen LogP contribution in [-0.2, 0) is 7.05 Å². The monoisotopic (exact) mass is 564 g/mol. The van der Waals surface area contributed by atoms with Crippen LogP contribution in [0.15, 0.2) is 55.0 Å².